The lowest BCUT2D eigenvalue weighted by Gasteiger charge is -2.42. The summed E-state index contributed by atoms with van der Waals surface area (Å²) < 4.78 is 12.9. The number of carbonyl (C=O) groups is 2. The first kappa shape index (κ1) is 34.3. The molecule has 1 saturated carbocycles. The molecule has 1 amide bonds. The molecular formula is C40H51N3O5. The Labute approximate surface area is 285 Å². The van der Waals surface area contributed by atoms with Crippen LogP contribution >= 0.6 is 0 Å². The largest absolute Gasteiger partial charge is 0.385 e. The van der Waals surface area contributed by atoms with Crippen molar-refractivity contribution in [3.8, 4) is 0 Å². The topological polar surface area (TPSA) is 84.2 Å². The molecule has 6 rings (SSSR count). The van der Waals surface area contributed by atoms with Crippen LogP contribution in [0.3, 0.4) is 0 Å². The number of para-hydroxylation sites is 1. The third-order valence-corrected chi connectivity index (χ3v) is 9.79. The lowest BCUT2D eigenvalue weighted by atomic mass is 9.78. The average Bonchev–Trinajstić information content (AvgIpc) is 3.87. The van der Waals surface area contributed by atoms with Crippen molar-refractivity contribution in [2.24, 2.45) is 5.92 Å². The zero-order valence-electron chi connectivity index (χ0n) is 28.9. The van der Waals surface area contributed by atoms with E-state index >= 15 is 0 Å². The van der Waals surface area contributed by atoms with Gasteiger partial charge in [0.05, 0.1) is 17.0 Å². The van der Waals surface area contributed by atoms with Crippen molar-refractivity contribution in [1.82, 2.24) is 14.4 Å². The second-order valence-electron chi connectivity index (χ2n) is 14.5. The van der Waals surface area contributed by atoms with Crippen molar-refractivity contribution < 1.29 is 24.2 Å². The minimum absolute atomic E-state index is 0.00587. The molecule has 256 valence electrons. The van der Waals surface area contributed by atoms with E-state index in [0.29, 0.717) is 39.1 Å². The predicted octanol–water partition coefficient (Wildman–Crippen LogP) is 7.13. The van der Waals surface area contributed by atoms with Crippen molar-refractivity contribution in [2.45, 2.75) is 96.2 Å². The molecule has 8 nitrogen and oxygen atoms in total. The molecule has 3 aromatic rings. The zero-order chi connectivity index (χ0) is 33.8. The van der Waals surface area contributed by atoms with Gasteiger partial charge in [0.1, 0.15) is 0 Å². The maximum absolute atomic E-state index is 14.9. The lowest BCUT2D eigenvalue weighted by molar-refractivity contribution is -0.245. The molecule has 0 spiro atoms. The van der Waals surface area contributed by atoms with Crippen LogP contribution in [0.4, 0.5) is 0 Å². The summed E-state index contributed by atoms with van der Waals surface area (Å²) in [6, 6.07) is 16.8. The van der Waals surface area contributed by atoms with E-state index in [2.05, 4.69) is 47.4 Å². The Balaban J connectivity index is 1.31. The molecular weight excluding hydrogens is 602 g/mol. The maximum Gasteiger partial charge on any atom is 0.231 e. The van der Waals surface area contributed by atoms with Crippen molar-refractivity contribution >= 4 is 28.3 Å². The molecule has 1 saturated heterocycles. The van der Waals surface area contributed by atoms with Gasteiger partial charge < -0.3 is 19.5 Å². The van der Waals surface area contributed by atoms with Crippen LogP contribution in [0.2, 0.25) is 0 Å². The number of methoxy groups -OCH3 is 1. The Morgan fingerprint density at radius 2 is 1.88 bits per heavy atom. The predicted molar refractivity (Wildman–Crippen MR) is 189 cm³/mol. The molecule has 1 N–H and O–H groups in total. The molecule has 48 heavy (non-hydrogen) atoms. The standard InChI is InChI=1S/C40H51N3O5/c1-40(2,3)48-39(46)41-22-21-33(30-15-10-14-29(24-30)28-12-6-5-7-13-28)35(27-41)38(45)42(32-19-20-32)25-31-26-43(37(44)18-11-23-47-4)36-17-9-8-16-34(31)36/h6,8-10,12-17,24,26,32-33,35,39,46H,5,7,11,18-23,25,27H2,1-4H3/t33-,35+,39?/m1/s1. The molecule has 2 fully saturated rings. The summed E-state index contributed by atoms with van der Waals surface area (Å²) in [5.74, 6) is -0.251. The highest BCUT2D eigenvalue weighted by Crippen LogP contribution is 2.40. The van der Waals surface area contributed by atoms with Crippen molar-refractivity contribution in [3.05, 3.63) is 89.6 Å². The van der Waals surface area contributed by atoms with Gasteiger partial charge in [0.25, 0.3) is 0 Å². The van der Waals surface area contributed by atoms with Crippen LogP contribution in [-0.2, 0) is 20.8 Å². The first-order chi connectivity index (χ1) is 23.1. The van der Waals surface area contributed by atoms with Crippen LogP contribution in [-0.4, -0.2) is 76.2 Å². The van der Waals surface area contributed by atoms with E-state index in [4.69, 9.17) is 9.47 Å². The fourth-order valence-electron chi connectivity index (χ4n) is 7.23. The Morgan fingerprint density at radius 1 is 1.06 bits per heavy atom. The second-order valence-corrected chi connectivity index (χ2v) is 14.5. The molecule has 8 heteroatoms. The number of piperidine rings is 1. The van der Waals surface area contributed by atoms with Gasteiger partial charge >= 0.3 is 0 Å². The summed E-state index contributed by atoms with van der Waals surface area (Å²) in [7, 11) is 1.65. The highest BCUT2D eigenvalue weighted by Gasteiger charge is 2.43. The fourth-order valence-corrected chi connectivity index (χ4v) is 7.23. The van der Waals surface area contributed by atoms with Gasteiger partial charge in [0.15, 0.2) is 0 Å². The van der Waals surface area contributed by atoms with E-state index in [0.717, 1.165) is 54.1 Å². The van der Waals surface area contributed by atoms with E-state index in [-0.39, 0.29) is 29.7 Å². The number of rotatable bonds is 12. The van der Waals surface area contributed by atoms with Gasteiger partial charge in [-0.25, -0.2) is 0 Å². The van der Waals surface area contributed by atoms with Gasteiger partial charge in [-0.1, -0.05) is 60.7 Å². The second kappa shape index (κ2) is 14.9. The van der Waals surface area contributed by atoms with Gasteiger partial charge in [-0.2, -0.15) is 0 Å². The number of carbonyl (C=O) groups excluding carboxylic acids is 2. The number of fused-ring (bicyclic) bond motifs is 1. The third-order valence-electron chi connectivity index (χ3n) is 9.79. The normalized spacial score (nSPS) is 20.9. The number of aromatic nitrogens is 1. The number of hydrogen-bond donors (Lipinski definition) is 1. The van der Waals surface area contributed by atoms with Gasteiger partial charge in [-0.3, -0.25) is 19.1 Å². The molecule has 0 bridgehead atoms. The summed E-state index contributed by atoms with van der Waals surface area (Å²) in [6.45, 7) is 7.78. The lowest BCUT2D eigenvalue weighted by Crippen LogP contribution is -2.53. The average molecular weight is 654 g/mol. The van der Waals surface area contributed by atoms with E-state index in [1.807, 2.05) is 56.1 Å². The number of aliphatic hydroxyl groups excluding tert-OH is 1. The first-order valence-corrected chi connectivity index (χ1v) is 17.6. The SMILES string of the molecule is COCCCC(=O)n1cc(CN(C(=O)[C@H]2CN(C(O)OC(C)(C)C)CC[C@@H]2c2cccc(C3=CCCC=C3)c2)C2CC2)c2ccccc21. The van der Waals surface area contributed by atoms with Gasteiger partial charge in [0, 0.05) is 57.4 Å². The number of ether oxygens (including phenoxy) is 2. The zero-order valence-corrected chi connectivity index (χ0v) is 28.9. The summed E-state index contributed by atoms with van der Waals surface area (Å²) in [4.78, 5) is 32.2. The summed E-state index contributed by atoms with van der Waals surface area (Å²) in [5, 5.41) is 12.1. The van der Waals surface area contributed by atoms with Crippen LogP contribution in [0.15, 0.2) is 73.0 Å². The minimum atomic E-state index is -1.10. The Bertz CT molecular complexity index is 1660. The number of nitrogens with zero attached hydrogens (tertiary/aromatic N) is 3. The van der Waals surface area contributed by atoms with Gasteiger partial charge in [-0.15, -0.1) is 0 Å². The summed E-state index contributed by atoms with van der Waals surface area (Å²) in [5.41, 5.74) is 4.88. The van der Waals surface area contributed by atoms with Crippen LogP contribution < -0.4 is 0 Å². The van der Waals surface area contributed by atoms with Gasteiger partial charge in [0.2, 0.25) is 18.2 Å². The monoisotopic (exact) mass is 653 g/mol. The van der Waals surface area contributed by atoms with Crippen molar-refractivity contribution in [3.63, 3.8) is 0 Å². The Kier molecular flexibility index (Phi) is 10.7. The van der Waals surface area contributed by atoms with Crippen LogP contribution in [0.25, 0.3) is 16.5 Å². The highest BCUT2D eigenvalue weighted by molar-refractivity contribution is 5.94. The highest BCUT2D eigenvalue weighted by atomic mass is 16.6. The fraction of sp³-hybridized carbons (Fsp3) is 0.500. The number of amides is 1. The molecule has 2 aliphatic carbocycles. The van der Waals surface area contributed by atoms with E-state index < -0.39 is 12.0 Å². The third kappa shape index (κ3) is 8.00. The van der Waals surface area contributed by atoms with E-state index in [1.165, 1.54) is 11.1 Å². The molecule has 2 heterocycles. The quantitative estimate of drug-likeness (QED) is 0.165. The molecule has 2 aromatic carbocycles. The molecule has 3 atom stereocenters. The van der Waals surface area contributed by atoms with Crippen molar-refractivity contribution in [2.75, 3.05) is 26.8 Å². The van der Waals surface area contributed by atoms with E-state index in [9.17, 15) is 14.7 Å². The van der Waals surface area contributed by atoms with Gasteiger partial charge in [-0.05, 0) is 93.5 Å². The molecule has 1 aromatic heterocycles. The van der Waals surface area contributed by atoms with Crippen LogP contribution in [0.5, 0.6) is 0 Å². The number of allylic oxidation sites excluding steroid dienone is 4. The number of hydrogen-bond acceptors (Lipinski definition) is 6. The number of aliphatic hydroxyl groups is 1. The smallest absolute Gasteiger partial charge is 0.231 e. The Hall–Kier alpha value is -3.56. The van der Waals surface area contributed by atoms with E-state index in [1.54, 1.807) is 11.7 Å². The molecule has 3 aliphatic rings. The first-order valence-electron chi connectivity index (χ1n) is 17.6. The van der Waals surface area contributed by atoms with Crippen LogP contribution in [0, 0.1) is 5.92 Å². The molecule has 1 aliphatic heterocycles. The van der Waals surface area contributed by atoms with Crippen LogP contribution in [0.1, 0.15) is 93.1 Å². The molecule has 1 unspecified atom stereocenters. The molecule has 0 radical (unpaired) electrons. The number of benzene rings is 2. The Morgan fingerprint density at radius 3 is 2.60 bits per heavy atom. The minimum Gasteiger partial charge on any atom is -0.385 e. The summed E-state index contributed by atoms with van der Waals surface area (Å²) in [6.07, 6.45) is 13.4. The summed E-state index contributed by atoms with van der Waals surface area (Å²) >= 11 is 0. The number of likely N-dealkylation sites (tertiary alicyclic amines) is 1. The maximum atomic E-state index is 14.9. The van der Waals surface area contributed by atoms with Crippen molar-refractivity contribution in [1.29, 1.82) is 0 Å².